The van der Waals surface area contributed by atoms with Crippen molar-refractivity contribution in [2.45, 2.75) is 295 Å². The minimum Gasteiger partial charge on any atom is -0.394 e. The van der Waals surface area contributed by atoms with Crippen LogP contribution in [-0.4, -0.2) is 57.3 Å². The van der Waals surface area contributed by atoms with Gasteiger partial charge < -0.3 is 25.7 Å². The molecule has 0 fully saturated rings. The molecule has 6 nitrogen and oxygen atoms in total. The fourth-order valence-electron chi connectivity index (χ4n) is 7.94. The number of rotatable bonds is 45. The summed E-state index contributed by atoms with van der Waals surface area (Å²) in [5, 5.41) is 43.8. The maximum absolute atomic E-state index is 12.5. The van der Waals surface area contributed by atoms with E-state index in [4.69, 9.17) is 0 Å². The Bertz CT molecular complexity index is 736. The lowest BCUT2D eigenvalue weighted by Gasteiger charge is -2.27. The van der Waals surface area contributed by atoms with Crippen LogP contribution in [0.25, 0.3) is 0 Å². The van der Waals surface area contributed by atoms with Crippen molar-refractivity contribution in [1.29, 1.82) is 0 Å². The van der Waals surface area contributed by atoms with E-state index in [1.165, 1.54) is 205 Å². The lowest BCUT2D eigenvalue weighted by molar-refractivity contribution is -0.132. The maximum atomic E-state index is 12.5. The van der Waals surface area contributed by atoms with Crippen LogP contribution in [0, 0.1) is 0 Å². The summed E-state index contributed by atoms with van der Waals surface area (Å²) < 4.78 is 0. The van der Waals surface area contributed by atoms with Crippen molar-refractivity contribution >= 4 is 5.91 Å². The molecule has 0 heterocycles. The van der Waals surface area contributed by atoms with Gasteiger partial charge in [0.1, 0.15) is 12.2 Å². The van der Waals surface area contributed by atoms with Gasteiger partial charge in [-0.3, -0.25) is 4.79 Å². The number of hydrogen-bond donors (Lipinski definition) is 5. The minimum atomic E-state index is -1.25. The Kier molecular flexibility index (Phi) is 42.9. The van der Waals surface area contributed by atoms with Gasteiger partial charge in [0.15, 0.2) is 0 Å². The van der Waals surface area contributed by atoms with E-state index in [0.29, 0.717) is 12.8 Å². The van der Waals surface area contributed by atoms with Crippen LogP contribution >= 0.6 is 0 Å². The first kappa shape index (κ1) is 53.3. The second-order valence-electron chi connectivity index (χ2n) is 17.2. The number of carbonyl (C=O) groups is 1. The predicted molar refractivity (Wildman–Crippen MR) is 233 cm³/mol. The highest BCUT2D eigenvalue weighted by molar-refractivity contribution is 5.80. The normalized spacial score (nSPS) is 14.0. The Balaban J connectivity index is 3.65. The molecular weight excluding hydrogens is 671 g/mol. The van der Waals surface area contributed by atoms with E-state index in [1.54, 1.807) is 0 Å². The van der Waals surface area contributed by atoms with Crippen molar-refractivity contribution < 1.29 is 25.2 Å². The standard InChI is InChI=1S/C48H97NO5/c1-3-5-7-9-11-13-15-17-19-21-23-24-26-27-29-31-33-35-37-39-41-45(51)47(53)44(43-50)49-48(54)46(52)42-40-38-36-34-32-30-28-25-22-20-18-16-14-12-10-8-6-4-2/h44-47,50-53H,3-43H2,1-2H3,(H,49,54). The summed E-state index contributed by atoms with van der Waals surface area (Å²) in [5.41, 5.74) is 0. The summed E-state index contributed by atoms with van der Waals surface area (Å²) in [6.07, 6.45) is 47.1. The molecule has 0 bridgehead atoms. The number of aliphatic hydroxyl groups is 4. The second-order valence-corrected chi connectivity index (χ2v) is 17.2. The highest BCUT2D eigenvalue weighted by Crippen LogP contribution is 2.18. The maximum Gasteiger partial charge on any atom is 0.249 e. The summed E-state index contributed by atoms with van der Waals surface area (Å²) >= 11 is 0. The monoisotopic (exact) mass is 768 g/mol. The van der Waals surface area contributed by atoms with Crippen LogP contribution in [0.1, 0.15) is 271 Å². The first-order valence-corrected chi connectivity index (χ1v) is 24.4. The number of carbonyl (C=O) groups excluding carboxylic acids is 1. The van der Waals surface area contributed by atoms with Gasteiger partial charge in [0.2, 0.25) is 5.91 Å². The van der Waals surface area contributed by atoms with Gasteiger partial charge in [-0.15, -0.1) is 0 Å². The Morgan fingerprint density at radius 2 is 0.630 bits per heavy atom. The Morgan fingerprint density at radius 3 is 0.889 bits per heavy atom. The van der Waals surface area contributed by atoms with Gasteiger partial charge in [0.05, 0.1) is 18.8 Å². The second kappa shape index (κ2) is 43.4. The molecule has 0 radical (unpaired) electrons. The van der Waals surface area contributed by atoms with Crippen LogP contribution in [0.2, 0.25) is 0 Å². The molecule has 54 heavy (non-hydrogen) atoms. The SMILES string of the molecule is CCCCCCCCCCCCCCCCCCCCCCC(O)C(O)C(CO)NC(=O)C(O)CCCCCCCCCCCCCCCCCCCC. The molecule has 0 aromatic rings. The lowest BCUT2D eigenvalue weighted by Crippen LogP contribution is -2.53. The molecule has 4 unspecified atom stereocenters. The Labute approximate surface area is 337 Å². The molecular formula is C48H97NO5. The van der Waals surface area contributed by atoms with Gasteiger partial charge in [-0.2, -0.15) is 0 Å². The predicted octanol–water partition coefficient (Wildman–Crippen LogP) is 13.2. The molecule has 0 saturated heterocycles. The number of unbranched alkanes of at least 4 members (excludes halogenated alkanes) is 36. The number of hydrogen-bond acceptors (Lipinski definition) is 5. The zero-order chi connectivity index (χ0) is 39.6. The summed E-state index contributed by atoms with van der Waals surface area (Å²) in [4.78, 5) is 12.5. The van der Waals surface area contributed by atoms with Gasteiger partial charge in [-0.1, -0.05) is 258 Å². The average Bonchev–Trinajstić information content (AvgIpc) is 3.18. The molecule has 0 aliphatic heterocycles. The molecule has 0 aliphatic rings. The molecule has 4 atom stereocenters. The fourth-order valence-corrected chi connectivity index (χ4v) is 7.94. The smallest absolute Gasteiger partial charge is 0.249 e. The van der Waals surface area contributed by atoms with Crippen LogP contribution in [0.5, 0.6) is 0 Å². The summed E-state index contributed by atoms with van der Waals surface area (Å²) in [6, 6.07) is -0.979. The molecule has 0 spiro atoms. The Hall–Kier alpha value is -0.690. The van der Waals surface area contributed by atoms with E-state index in [-0.39, 0.29) is 0 Å². The van der Waals surface area contributed by atoms with E-state index in [1.807, 2.05) is 0 Å². The number of nitrogens with one attached hydrogen (secondary N) is 1. The highest BCUT2D eigenvalue weighted by atomic mass is 16.3. The zero-order valence-electron chi connectivity index (χ0n) is 36.5. The molecule has 5 N–H and O–H groups in total. The molecule has 324 valence electrons. The highest BCUT2D eigenvalue weighted by Gasteiger charge is 2.28. The first-order valence-electron chi connectivity index (χ1n) is 24.4. The van der Waals surface area contributed by atoms with Crippen molar-refractivity contribution in [3.63, 3.8) is 0 Å². The van der Waals surface area contributed by atoms with E-state index >= 15 is 0 Å². The van der Waals surface area contributed by atoms with Gasteiger partial charge in [-0.25, -0.2) is 0 Å². The molecule has 0 saturated carbocycles. The third-order valence-electron chi connectivity index (χ3n) is 11.8. The van der Waals surface area contributed by atoms with Gasteiger partial charge in [-0.05, 0) is 12.8 Å². The van der Waals surface area contributed by atoms with Crippen LogP contribution < -0.4 is 5.32 Å². The molecule has 0 aliphatic carbocycles. The van der Waals surface area contributed by atoms with Crippen molar-refractivity contribution in [3.8, 4) is 0 Å². The number of amides is 1. The third-order valence-corrected chi connectivity index (χ3v) is 11.8. The average molecular weight is 768 g/mol. The lowest BCUT2D eigenvalue weighted by atomic mass is 9.99. The van der Waals surface area contributed by atoms with E-state index < -0.39 is 36.9 Å². The van der Waals surface area contributed by atoms with E-state index in [9.17, 15) is 25.2 Å². The fraction of sp³-hybridized carbons (Fsp3) is 0.979. The summed E-state index contributed by atoms with van der Waals surface area (Å²) in [6.45, 7) is 4.08. The molecule has 0 aromatic carbocycles. The molecule has 0 aromatic heterocycles. The van der Waals surface area contributed by atoms with Gasteiger partial charge in [0.25, 0.3) is 0 Å². The summed E-state index contributed by atoms with van der Waals surface area (Å²) in [5.74, 6) is -0.578. The first-order chi connectivity index (χ1) is 26.5. The van der Waals surface area contributed by atoms with E-state index in [2.05, 4.69) is 19.2 Å². The number of aliphatic hydroxyl groups excluding tert-OH is 4. The minimum absolute atomic E-state index is 0.376. The van der Waals surface area contributed by atoms with E-state index in [0.717, 1.165) is 38.5 Å². The van der Waals surface area contributed by atoms with Crippen molar-refractivity contribution in [2.75, 3.05) is 6.61 Å². The molecule has 0 rings (SSSR count). The Morgan fingerprint density at radius 1 is 0.389 bits per heavy atom. The van der Waals surface area contributed by atoms with Gasteiger partial charge in [0, 0.05) is 0 Å². The molecule has 6 heteroatoms. The zero-order valence-corrected chi connectivity index (χ0v) is 36.5. The van der Waals surface area contributed by atoms with Crippen LogP contribution in [-0.2, 0) is 4.79 Å². The molecule has 1 amide bonds. The summed E-state index contributed by atoms with van der Waals surface area (Å²) in [7, 11) is 0. The topological polar surface area (TPSA) is 110 Å². The third kappa shape index (κ3) is 36.9. The van der Waals surface area contributed by atoms with Crippen molar-refractivity contribution in [3.05, 3.63) is 0 Å². The van der Waals surface area contributed by atoms with Crippen LogP contribution in [0.3, 0.4) is 0 Å². The largest absolute Gasteiger partial charge is 0.394 e. The van der Waals surface area contributed by atoms with Crippen molar-refractivity contribution in [1.82, 2.24) is 5.32 Å². The van der Waals surface area contributed by atoms with Crippen molar-refractivity contribution in [2.24, 2.45) is 0 Å². The quantitative estimate of drug-likeness (QED) is 0.0396. The van der Waals surface area contributed by atoms with Crippen LogP contribution in [0.4, 0.5) is 0 Å². The van der Waals surface area contributed by atoms with Gasteiger partial charge >= 0.3 is 0 Å². The van der Waals surface area contributed by atoms with Crippen LogP contribution in [0.15, 0.2) is 0 Å².